The van der Waals surface area contributed by atoms with Crippen LogP contribution in [0.3, 0.4) is 0 Å². The second-order valence-corrected chi connectivity index (χ2v) is 5.95. The number of nitrogens with one attached hydrogen (secondary N) is 1. The molecule has 1 heterocycles. The molecule has 18 heavy (non-hydrogen) atoms. The summed E-state index contributed by atoms with van der Waals surface area (Å²) in [4.78, 5) is 26.3. The highest BCUT2D eigenvalue weighted by Crippen LogP contribution is 2.25. The summed E-state index contributed by atoms with van der Waals surface area (Å²) in [6, 6.07) is 3.27. The zero-order valence-corrected chi connectivity index (χ0v) is 11.5. The van der Waals surface area contributed by atoms with Crippen molar-refractivity contribution in [2.24, 2.45) is 0 Å². The number of carboxylic acids is 1. The number of hydrogen-bond acceptors (Lipinski definition) is 4. The van der Waals surface area contributed by atoms with Gasteiger partial charge in [-0.2, -0.15) is 0 Å². The Hall–Kier alpha value is -1.27. The van der Waals surface area contributed by atoms with Crippen molar-refractivity contribution < 1.29 is 14.7 Å². The fraction of sp³-hybridized carbons (Fsp3) is 0.364. The van der Waals surface area contributed by atoms with Gasteiger partial charge >= 0.3 is 5.97 Å². The maximum atomic E-state index is 11.6. The molecular weight excluding hydrogens is 276 g/mol. The lowest BCUT2D eigenvalue weighted by atomic mass is 10.2. The number of pyridine rings is 1. The maximum absolute atomic E-state index is 11.6. The van der Waals surface area contributed by atoms with Crippen LogP contribution in [0.15, 0.2) is 18.3 Å². The van der Waals surface area contributed by atoms with Crippen LogP contribution >= 0.6 is 23.4 Å². The van der Waals surface area contributed by atoms with Gasteiger partial charge in [0, 0.05) is 6.20 Å². The van der Waals surface area contributed by atoms with Crippen LogP contribution in [0, 0.1) is 0 Å². The molecule has 7 heteroatoms. The standard InChI is InChI=1S/C11H13ClN2O3S/c1-11(2,10(16)17)18-6-8(15)14-7-4-3-5-13-9(7)12/h3-5H,6H2,1-2H3,(H,14,15)(H,16,17). The molecule has 1 amide bonds. The molecule has 1 aromatic rings. The van der Waals surface area contributed by atoms with Crippen molar-refractivity contribution in [2.75, 3.05) is 11.1 Å². The molecular formula is C11H13ClN2O3S. The van der Waals surface area contributed by atoms with E-state index in [9.17, 15) is 9.59 Å². The molecule has 0 saturated heterocycles. The zero-order valence-electron chi connectivity index (χ0n) is 9.94. The van der Waals surface area contributed by atoms with Gasteiger partial charge in [-0.1, -0.05) is 11.6 Å². The number of carbonyl (C=O) groups is 2. The van der Waals surface area contributed by atoms with Gasteiger partial charge in [-0.05, 0) is 26.0 Å². The summed E-state index contributed by atoms with van der Waals surface area (Å²) in [7, 11) is 0. The van der Waals surface area contributed by atoms with E-state index in [1.807, 2.05) is 0 Å². The molecule has 0 aliphatic rings. The second-order valence-electron chi connectivity index (χ2n) is 3.99. The Balaban J connectivity index is 2.54. The summed E-state index contributed by atoms with van der Waals surface area (Å²) in [5, 5.41) is 11.7. The Bertz CT molecular complexity index is 465. The Labute approximate surface area is 114 Å². The molecule has 98 valence electrons. The number of aromatic nitrogens is 1. The van der Waals surface area contributed by atoms with Crippen molar-refractivity contribution >= 4 is 40.9 Å². The van der Waals surface area contributed by atoms with E-state index in [1.54, 1.807) is 26.0 Å². The average Bonchev–Trinajstić information content (AvgIpc) is 2.29. The first-order valence-corrected chi connectivity index (χ1v) is 6.47. The van der Waals surface area contributed by atoms with Crippen LogP contribution < -0.4 is 5.32 Å². The van der Waals surface area contributed by atoms with Crippen LogP contribution in [-0.2, 0) is 9.59 Å². The molecule has 0 aliphatic carbocycles. The number of carbonyl (C=O) groups excluding carboxylic acids is 1. The normalized spacial score (nSPS) is 11.1. The lowest BCUT2D eigenvalue weighted by Gasteiger charge is -2.17. The van der Waals surface area contributed by atoms with E-state index >= 15 is 0 Å². The molecule has 1 aromatic heterocycles. The largest absolute Gasteiger partial charge is 0.480 e. The lowest BCUT2D eigenvalue weighted by Crippen LogP contribution is -2.29. The van der Waals surface area contributed by atoms with Crippen LogP contribution in [0.1, 0.15) is 13.8 Å². The van der Waals surface area contributed by atoms with Crippen molar-refractivity contribution in [2.45, 2.75) is 18.6 Å². The number of thioether (sulfide) groups is 1. The van der Waals surface area contributed by atoms with E-state index in [2.05, 4.69) is 10.3 Å². The SMILES string of the molecule is CC(C)(SCC(=O)Nc1cccnc1Cl)C(=O)O. The van der Waals surface area contributed by atoms with E-state index in [-0.39, 0.29) is 16.8 Å². The highest BCUT2D eigenvalue weighted by Gasteiger charge is 2.28. The first kappa shape index (κ1) is 14.8. The van der Waals surface area contributed by atoms with Gasteiger partial charge < -0.3 is 10.4 Å². The van der Waals surface area contributed by atoms with E-state index in [4.69, 9.17) is 16.7 Å². The number of anilines is 1. The van der Waals surface area contributed by atoms with E-state index in [1.165, 1.54) is 6.20 Å². The predicted octanol–water partition coefficient (Wildman–Crippen LogP) is 2.27. The van der Waals surface area contributed by atoms with Gasteiger partial charge in [0.25, 0.3) is 0 Å². The zero-order chi connectivity index (χ0) is 13.8. The number of carboxylic acid groups (broad SMARTS) is 1. The Morgan fingerprint density at radius 3 is 2.78 bits per heavy atom. The van der Waals surface area contributed by atoms with Crippen LogP contribution in [0.2, 0.25) is 5.15 Å². The van der Waals surface area contributed by atoms with Crippen LogP contribution in [0.25, 0.3) is 0 Å². The lowest BCUT2D eigenvalue weighted by molar-refractivity contribution is -0.138. The summed E-state index contributed by atoms with van der Waals surface area (Å²) in [6.07, 6.45) is 1.51. The van der Waals surface area contributed by atoms with Gasteiger partial charge in [-0.3, -0.25) is 9.59 Å². The summed E-state index contributed by atoms with van der Waals surface area (Å²) in [5.41, 5.74) is 0.415. The molecule has 5 nitrogen and oxygen atoms in total. The van der Waals surface area contributed by atoms with E-state index < -0.39 is 10.7 Å². The van der Waals surface area contributed by atoms with E-state index in [0.29, 0.717) is 5.69 Å². The third-order valence-electron chi connectivity index (χ3n) is 2.11. The van der Waals surface area contributed by atoms with Crippen LogP contribution in [0.4, 0.5) is 5.69 Å². The van der Waals surface area contributed by atoms with Gasteiger partial charge in [-0.15, -0.1) is 11.8 Å². The smallest absolute Gasteiger partial charge is 0.319 e. The summed E-state index contributed by atoms with van der Waals surface area (Å²) < 4.78 is -1.00. The van der Waals surface area contributed by atoms with Crippen molar-refractivity contribution in [3.05, 3.63) is 23.5 Å². The maximum Gasteiger partial charge on any atom is 0.319 e. The molecule has 0 spiro atoms. The molecule has 0 saturated carbocycles. The number of nitrogens with zero attached hydrogens (tertiary/aromatic N) is 1. The van der Waals surface area contributed by atoms with E-state index in [0.717, 1.165) is 11.8 Å². The number of halogens is 1. The Kier molecular flexibility index (Phi) is 4.98. The van der Waals surface area contributed by atoms with Crippen molar-refractivity contribution in [3.8, 4) is 0 Å². The Morgan fingerprint density at radius 2 is 2.22 bits per heavy atom. The molecule has 0 radical (unpaired) electrons. The summed E-state index contributed by atoms with van der Waals surface area (Å²) >= 11 is 6.83. The minimum atomic E-state index is -1.00. The molecule has 0 fully saturated rings. The topological polar surface area (TPSA) is 79.3 Å². The third kappa shape index (κ3) is 4.19. The fourth-order valence-corrected chi connectivity index (χ4v) is 1.83. The van der Waals surface area contributed by atoms with Gasteiger partial charge in [0.05, 0.1) is 11.4 Å². The van der Waals surface area contributed by atoms with Crippen LogP contribution in [-0.4, -0.2) is 32.5 Å². The first-order chi connectivity index (χ1) is 8.33. The van der Waals surface area contributed by atoms with Gasteiger partial charge in [-0.25, -0.2) is 4.98 Å². The fourth-order valence-electron chi connectivity index (χ4n) is 0.973. The quantitative estimate of drug-likeness (QED) is 0.813. The predicted molar refractivity (Wildman–Crippen MR) is 72.0 cm³/mol. The number of aliphatic carboxylic acids is 1. The average molecular weight is 289 g/mol. The summed E-state index contributed by atoms with van der Waals surface area (Å²) in [5.74, 6) is -1.24. The molecule has 0 unspecified atom stereocenters. The molecule has 0 bridgehead atoms. The highest BCUT2D eigenvalue weighted by atomic mass is 35.5. The highest BCUT2D eigenvalue weighted by molar-refractivity contribution is 8.02. The van der Waals surface area contributed by atoms with Gasteiger partial charge in [0.1, 0.15) is 4.75 Å². The van der Waals surface area contributed by atoms with Crippen molar-refractivity contribution in [1.82, 2.24) is 4.98 Å². The number of amides is 1. The molecule has 0 atom stereocenters. The monoisotopic (exact) mass is 288 g/mol. The van der Waals surface area contributed by atoms with Crippen LogP contribution in [0.5, 0.6) is 0 Å². The summed E-state index contributed by atoms with van der Waals surface area (Å²) in [6.45, 7) is 3.09. The van der Waals surface area contributed by atoms with Crippen molar-refractivity contribution in [3.63, 3.8) is 0 Å². The number of rotatable bonds is 5. The van der Waals surface area contributed by atoms with Gasteiger partial charge in [0.15, 0.2) is 5.15 Å². The second kappa shape index (κ2) is 6.06. The molecule has 1 rings (SSSR count). The molecule has 2 N–H and O–H groups in total. The third-order valence-corrected chi connectivity index (χ3v) is 3.72. The molecule has 0 aliphatic heterocycles. The first-order valence-electron chi connectivity index (χ1n) is 5.10. The minimum Gasteiger partial charge on any atom is -0.480 e. The molecule has 0 aromatic carbocycles. The minimum absolute atomic E-state index is 0.0323. The van der Waals surface area contributed by atoms with Crippen molar-refractivity contribution in [1.29, 1.82) is 0 Å². The number of hydrogen-bond donors (Lipinski definition) is 2. The van der Waals surface area contributed by atoms with Gasteiger partial charge in [0.2, 0.25) is 5.91 Å². The Morgan fingerprint density at radius 1 is 1.56 bits per heavy atom.